The van der Waals surface area contributed by atoms with Gasteiger partial charge in [-0.2, -0.15) is 0 Å². The zero-order chi connectivity index (χ0) is 23.8. The van der Waals surface area contributed by atoms with Gasteiger partial charge in [0, 0.05) is 0 Å². The maximum Gasteiger partial charge on any atom is 0.344 e. The van der Waals surface area contributed by atoms with E-state index in [1.54, 1.807) is 19.1 Å². The summed E-state index contributed by atoms with van der Waals surface area (Å²) in [7, 11) is 0. The number of thioether (sulfide) groups is 1. The summed E-state index contributed by atoms with van der Waals surface area (Å²) in [5.74, 6) is 0.455. The van der Waals surface area contributed by atoms with Crippen molar-refractivity contribution in [3.8, 4) is 11.5 Å². The van der Waals surface area contributed by atoms with Crippen molar-refractivity contribution in [2.24, 2.45) is 4.99 Å². The van der Waals surface area contributed by atoms with Crippen molar-refractivity contribution >= 4 is 57.1 Å². The fraction of sp³-hybridized carbons (Fsp3) is 0.200. The van der Waals surface area contributed by atoms with Gasteiger partial charge in [0.25, 0.3) is 0 Å². The number of hydrogen-bond donors (Lipinski definition) is 1. The number of hydrogen-bond acceptors (Lipinski definition) is 7. The first kappa shape index (κ1) is 24.9. The summed E-state index contributed by atoms with van der Waals surface area (Å²) >= 11 is 3.39. The molecule has 0 atom stereocenters. The van der Waals surface area contributed by atoms with Crippen molar-refractivity contribution in [1.29, 1.82) is 0 Å². The van der Waals surface area contributed by atoms with E-state index < -0.39 is 5.97 Å². The predicted molar refractivity (Wildman–Crippen MR) is 141 cm³/mol. The van der Waals surface area contributed by atoms with Crippen LogP contribution in [-0.2, 0) is 9.53 Å². The van der Waals surface area contributed by atoms with Crippen LogP contribution in [0.4, 0.5) is 5.69 Å². The zero-order valence-corrected chi connectivity index (χ0v) is 21.3. The average Bonchev–Trinajstić information content (AvgIpc) is 3.09. The Balaban J connectivity index is 2.04. The third kappa shape index (κ3) is 6.20. The van der Waals surface area contributed by atoms with E-state index in [0.717, 1.165) is 9.13 Å². The Bertz CT molecular complexity index is 1130. The Kier molecular flexibility index (Phi) is 9.02. The van der Waals surface area contributed by atoms with Crippen LogP contribution < -0.4 is 9.47 Å². The van der Waals surface area contributed by atoms with E-state index in [4.69, 9.17) is 14.2 Å². The maximum atomic E-state index is 12.6. The Morgan fingerprint density at radius 3 is 2.61 bits per heavy atom. The summed E-state index contributed by atoms with van der Waals surface area (Å²) < 4.78 is 17.5. The molecule has 0 aromatic heterocycles. The van der Waals surface area contributed by atoms with Gasteiger partial charge in [-0.1, -0.05) is 42.6 Å². The number of halogens is 1. The minimum absolute atomic E-state index is 0.0580. The Morgan fingerprint density at radius 1 is 1.18 bits per heavy atom. The molecule has 0 amide bonds. The zero-order valence-electron chi connectivity index (χ0n) is 18.3. The monoisotopic (exact) mass is 577 g/mol. The average molecular weight is 577 g/mol. The molecule has 0 fully saturated rings. The summed E-state index contributed by atoms with van der Waals surface area (Å²) in [6.45, 7) is 8.33. The number of aliphatic imine (C=N–C) groups is 1. The molecule has 0 aliphatic carbocycles. The number of benzene rings is 2. The molecule has 172 valence electrons. The molecule has 8 heteroatoms. The fourth-order valence-corrected chi connectivity index (χ4v) is 4.80. The van der Waals surface area contributed by atoms with Gasteiger partial charge in [-0.05, 0) is 72.3 Å². The molecule has 33 heavy (non-hydrogen) atoms. The van der Waals surface area contributed by atoms with Crippen LogP contribution in [-0.4, -0.2) is 35.9 Å². The van der Waals surface area contributed by atoms with E-state index in [1.807, 2.05) is 49.4 Å². The van der Waals surface area contributed by atoms with Crippen molar-refractivity contribution in [2.45, 2.75) is 13.8 Å². The van der Waals surface area contributed by atoms with Crippen LogP contribution in [0, 0.1) is 3.57 Å². The fourth-order valence-electron chi connectivity index (χ4n) is 2.98. The minimum Gasteiger partial charge on any atom is -0.506 e. The van der Waals surface area contributed by atoms with Gasteiger partial charge >= 0.3 is 5.97 Å². The van der Waals surface area contributed by atoms with E-state index in [0.29, 0.717) is 40.3 Å². The minimum atomic E-state index is -0.613. The quantitative estimate of drug-likeness (QED) is 0.210. The number of aliphatic hydroxyl groups excluding tert-OH is 1. The number of ether oxygens (including phenoxy) is 3. The van der Waals surface area contributed by atoms with Crippen LogP contribution in [0.5, 0.6) is 11.5 Å². The summed E-state index contributed by atoms with van der Waals surface area (Å²) in [6.07, 6.45) is 3.46. The second-order valence-electron chi connectivity index (χ2n) is 6.67. The summed E-state index contributed by atoms with van der Waals surface area (Å²) in [5.41, 5.74) is 1.52. The van der Waals surface area contributed by atoms with Crippen LogP contribution in [0.15, 0.2) is 76.3 Å². The van der Waals surface area contributed by atoms with Crippen molar-refractivity contribution in [3.05, 3.63) is 80.5 Å². The molecule has 6 nitrogen and oxygen atoms in total. The molecule has 0 saturated carbocycles. The SMILES string of the molecule is C=CCOc1c(I)cc(/C=C2\SC(=Nc3ccccc3)C(C(=O)OCC)=C2O)cc1OCC. The number of carbonyl (C=O) groups is 1. The van der Waals surface area contributed by atoms with Crippen LogP contribution in [0.2, 0.25) is 0 Å². The highest BCUT2D eigenvalue weighted by atomic mass is 127. The summed E-state index contributed by atoms with van der Waals surface area (Å²) in [4.78, 5) is 17.6. The van der Waals surface area contributed by atoms with Crippen LogP contribution in [0.1, 0.15) is 19.4 Å². The van der Waals surface area contributed by atoms with Gasteiger partial charge in [0.15, 0.2) is 11.5 Å². The van der Waals surface area contributed by atoms with Gasteiger partial charge < -0.3 is 19.3 Å². The standard InChI is InChI=1S/C25H24INO5S/c1-4-12-32-23-18(26)13-16(14-19(23)30-5-2)15-20-22(28)21(25(29)31-6-3)24(33-20)27-17-10-8-7-9-11-17/h4,7-11,13-15,28H,1,5-6,12H2,2-3H3/b20-15-,27-24?. The second-order valence-corrected chi connectivity index (χ2v) is 8.86. The second kappa shape index (κ2) is 11.9. The van der Waals surface area contributed by atoms with Gasteiger partial charge in [-0.15, -0.1) is 0 Å². The Labute approximate surface area is 211 Å². The first-order valence-corrected chi connectivity index (χ1v) is 12.2. The third-order valence-electron chi connectivity index (χ3n) is 4.33. The molecule has 2 aromatic carbocycles. The van der Waals surface area contributed by atoms with Gasteiger partial charge in [-0.25, -0.2) is 9.79 Å². The highest BCUT2D eigenvalue weighted by Crippen LogP contribution is 2.41. The molecule has 0 spiro atoms. The highest BCUT2D eigenvalue weighted by Gasteiger charge is 2.33. The van der Waals surface area contributed by atoms with E-state index in [1.165, 1.54) is 11.8 Å². The molecule has 0 saturated heterocycles. The predicted octanol–water partition coefficient (Wildman–Crippen LogP) is 6.45. The summed E-state index contributed by atoms with van der Waals surface area (Å²) in [5, 5.41) is 11.3. The summed E-state index contributed by atoms with van der Waals surface area (Å²) in [6, 6.07) is 13.0. The van der Waals surface area contributed by atoms with Crippen LogP contribution in [0.3, 0.4) is 0 Å². The van der Waals surface area contributed by atoms with Crippen molar-refractivity contribution in [1.82, 2.24) is 0 Å². The van der Waals surface area contributed by atoms with E-state index >= 15 is 0 Å². The number of esters is 1. The lowest BCUT2D eigenvalue weighted by molar-refractivity contribution is -0.138. The first-order chi connectivity index (χ1) is 16.0. The molecule has 0 radical (unpaired) electrons. The van der Waals surface area contributed by atoms with Gasteiger partial charge in [0.2, 0.25) is 0 Å². The smallest absolute Gasteiger partial charge is 0.344 e. The number of para-hydroxylation sites is 1. The largest absolute Gasteiger partial charge is 0.506 e. The van der Waals surface area contributed by atoms with Crippen LogP contribution >= 0.6 is 34.4 Å². The van der Waals surface area contributed by atoms with Gasteiger partial charge in [-0.3, -0.25) is 0 Å². The van der Waals surface area contributed by atoms with E-state index in [9.17, 15) is 9.90 Å². The lowest BCUT2D eigenvalue weighted by Gasteiger charge is -2.14. The Hall–Kier alpha value is -2.72. The van der Waals surface area contributed by atoms with E-state index in [2.05, 4.69) is 34.2 Å². The Morgan fingerprint density at radius 2 is 1.94 bits per heavy atom. The molecule has 3 rings (SSSR count). The number of aliphatic hydroxyl groups is 1. The number of nitrogens with zero attached hydrogens (tertiary/aromatic N) is 1. The normalized spacial score (nSPS) is 15.7. The van der Waals surface area contributed by atoms with Crippen LogP contribution in [0.25, 0.3) is 6.08 Å². The number of carbonyl (C=O) groups excluding carboxylic acids is 1. The highest BCUT2D eigenvalue weighted by molar-refractivity contribution is 14.1. The van der Waals surface area contributed by atoms with E-state index in [-0.39, 0.29) is 17.9 Å². The molecular weight excluding hydrogens is 553 g/mol. The maximum absolute atomic E-state index is 12.6. The molecule has 1 aliphatic rings. The molecule has 2 aromatic rings. The third-order valence-corrected chi connectivity index (χ3v) is 6.15. The lowest BCUT2D eigenvalue weighted by atomic mass is 10.1. The molecule has 1 heterocycles. The lowest BCUT2D eigenvalue weighted by Crippen LogP contribution is -2.12. The van der Waals surface area contributed by atoms with Crippen molar-refractivity contribution < 1.29 is 24.1 Å². The van der Waals surface area contributed by atoms with Crippen molar-refractivity contribution in [2.75, 3.05) is 19.8 Å². The molecular formula is C25H24INO5S. The first-order valence-electron chi connectivity index (χ1n) is 10.3. The van der Waals surface area contributed by atoms with Gasteiger partial charge in [0.1, 0.15) is 23.0 Å². The number of rotatable bonds is 9. The molecule has 0 bridgehead atoms. The topological polar surface area (TPSA) is 77.4 Å². The van der Waals surface area contributed by atoms with Crippen molar-refractivity contribution in [3.63, 3.8) is 0 Å². The van der Waals surface area contributed by atoms with Gasteiger partial charge in [0.05, 0.1) is 27.4 Å². The molecule has 0 unspecified atom stereocenters. The molecule has 1 aliphatic heterocycles. The molecule has 1 N–H and O–H groups in total.